The number of hydrogen-bond acceptors (Lipinski definition) is 5. The number of carbonyl (C=O) groups is 1. The van der Waals surface area contributed by atoms with Crippen LogP contribution in [0.1, 0.15) is 50.3 Å². The quantitative estimate of drug-likeness (QED) is 0.208. The molecular weight excluding hydrogens is 504 g/mol. The first kappa shape index (κ1) is 29.3. The van der Waals surface area contributed by atoms with Crippen molar-refractivity contribution in [3.63, 3.8) is 0 Å². The summed E-state index contributed by atoms with van der Waals surface area (Å²) >= 11 is 1.67. The topological polar surface area (TPSA) is 72.8 Å². The minimum Gasteiger partial charge on any atom is -0.481 e. The lowest BCUT2D eigenvalue weighted by atomic mass is 9.88. The van der Waals surface area contributed by atoms with E-state index >= 15 is 0 Å². The Morgan fingerprint density at radius 2 is 1.72 bits per heavy atom. The Balaban J connectivity index is 1.26. The zero-order valence-corrected chi connectivity index (χ0v) is 24.2. The van der Waals surface area contributed by atoms with Crippen LogP contribution in [-0.4, -0.2) is 51.8 Å². The van der Waals surface area contributed by atoms with Crippen LogP contribution in [0, 0.1) is 5.92 Å². The van der Waals surface area contributed by atoms with Gasteiger partial charge in [-0.05, 0) is 97.3 Å². The summed E-state index contributed by atoms with van der Waals surface area (Å²) in [6.45, 7) is 8.60. The van der Waals surface area contributed by atoms with Gasteiger partial charge in [0.05, 0.1) is 6.10 Å². The highest BCUT2D eigenvalue weighted by molar-refractivity contribution is 7.97. The maximum atomic E-state index is 10.9. The van der Waals surface area contributed by atoms with Gasteiger partial charge in [0, 0.05) is 36.5 Å². The SMILES string of the molecule is CCN(CC(O)CNC(C)(C)CC1Cc2ccccc2C1)Sc1cccc(-c2ccc(CCC(=O)O)cc2)c1. The fraction of sp³-hybridized carbons (Fsp3) is 0.424. The highest BCUT2D eigenvalue weighted by Crippen LogP contribution is 2.32. The second kappa shape index (κ2) is 13.6. The molecular formula is C33H42N2O3S. The number of fused-ring (bicyclic) bond motifs is 1. The van der Waals surface area contributed by atoms with E-state index < -0.39 is 12.1 Å². The number of hydrogen-bond donors (Lipinski definition) is 3. The lowest BCUT2D eigenvalue weighted by molar-refractivity contribution is -0.136. The van der Waals surface area contributed by atoms with Gasteiger partial charge < -0.3 is 15.5 Å². The fourth-order valence-electron chi connectivity index (χ4n) is 5.51. The van der Waals surface area contributed by atoms with Gasteiger partial charge in [0.15, 0.2) is 0 Å². The van der Waals surface area contributed by atoms with E-state index in [2.05, 4.69) is 91.1 Å². The predicted molar refractivity (Wildman–Crippen MR) is 161 cm³/mol. The number of nitrogens with one attached hydrogen (secondary N) is 1. The van der Waals surface area contributed by atoms with E-state index in [-0.39, 0.29) is 12.0 Å². The lowest BCUT2D eigenvalue weighted by Gasteiger charge is -2.31. The number of aryl methyl sites for hydroxylation is 1. The molecule has 1 atom stereocenters. The molecule has 5 nitrogen and oxygen atoms in total. The van der Waals surface area contributed by atoms with Gasteiger partial charge in [-0.1, -0.05) is 67.6 Å². The van der Waals surface area contributed by atoms with E-state index in [0.29, 0.717) is 25.4 Å². The van der Waals surface area contributed by atoms with E-state index in [4.69, 9.17) is 5.11 Å². The summed E-state index contributed by atoms with van der Waals surface area (Å²) in [6, 6.07) is 25.3. The zero-order chi connectivity index (χ0) is 27.8. The second-order valence-electron chi connectivity index (χ2n) is 11.4. The van der Waals surface area contributed by atoms with Crippen LogP contribution in [0.5, 0.6) is 0 Å². The summed E-state index contributed by atoms with van der Waals surface area (Å²) in [7, 11) is 0. The third-order valence-corrected chi connectivity index (χ3v) is 8.63. The van der Waals surface area contributed by atoms with Crippen LogP contribution in [0.2, 0.25) is 0 Å². The number of benzene rings is 3. The number of likely N-dealkylation sites (N-methyl/N-ethyl adjacent to an activating group) is 1. The van der Waals surface area contributed by atoms with Gasteiger partial charge in [-0.2, -0.15) is 0 Å². The monoisotopic (exact) mass is 546 g/mol. The number of aliphatic hydroxyl groups is 1. The molecule has 208 valence electrons. The summed E-state index contributed by atoms with van der Waals surface area (Å²) in [4.78, 5) is 12.0. The van der Waals surface area contributed by atoms with E-state index in [1.165, 1.54) is 11.1 Å². The summed E-state index contributed by atoms with van der Waals surface area (Å²) in [5, 5.41) is 23.4. The van der Waals surface area contributed by atoms with Crippen LogP contribution < -0.4 is 5.32 Å². The molecule has 6 heteroatoms. The van der Waals surface area contributed by atoms with Crippen molar-refractivity contribution in [2.75, 3.05) is 19.6 Å². The Hall–Kier alpha value is -2.64. The third-order valence-electron chi connectivity index (χ3n) is 7.50. The number of rotatable bonds is 14. The van der Waals surface area contributed by atoms with Crippen molar-refractivity contribution in [1.82, 2.24) is 9.62 Å². The average Bonchev–Trinajstić information content (AvgIpc) is 3.32. The molecule has 3 N–H and O–H groups in total. The molecule has 0 radical (unpaired) electrons. The fourth-order valence-corrected chi connectivity index (χ4v) is 6.50. The number of carboxylic acids is 1. The number of aliphatic hydroxyl groups excluding tert-OH is 1. The molecule has 0 amide bonds. The van der Waals surface area contributed by atoms with Gasteiger partial charge in [0.25, 0.3) is 0 Å². The first-order chi connectivity index (χ1) is 18.7. The molecule has 1 aliphatic rings. The van der Waals surface area contributed by atoms with E-state index in [1.807, 2.05) is 12.1 Å². The van der Waals surface area contributed by atoms with E-state index in [1.54, 1.807) is 11.9 Å². The number of aliphatic carboxylic acids is 1. The molecule has 0 saturated heterocycles. The van der Waals surface area contributed by atoms with Crippen molar-refractivity contribution in [2.24, 2.45) is 5.92 Å². The maximum Gasteiger partial charge on any atom is 0.303 e. The van der Waals surface area contributed by atoms with Crippen LogP contribution in [0.25, 0.3) is 11.1 Å². The molecule has 3 aromatic rings. The summed E-state index contributed by atoms with van der Waals surface area (Å²) in [5.41, 5.74) is 6.21. The molecule has 1 aliphatic carbocycles. The van der Waals surface area contributed by atoms with Crippen molar-refractivity contribution < 1.29 is 15.0 Å². The minimum absolute atomic E-state index is 0.0324. The summed E-state index contributed by atoms with van der Waals surface area (Å²) in [5.74, 6) is -0.123. The van der Waals surface area contributed by atoms with Gasteiger partial charge in [0.1, 0.15) is 0 Å². The van der Waals surface area contributed by atoms with Gasteiger partial charge in [-0.15, -0.1) is 0 Å². The molecule has 4 rings (SSSR count). The van der Waals surface area contributed by atoms with Gasteiger partial charge >= 0.3 is 5.97 Å². The standard InChI is InChI=1S/C33H42N2O3S/c1-4-35(23-30(36)22-34-33(2,3)21-25-18-27-8-5-6-9-28(27)19-25)39-31-11-7-10-29(20-31)26-15-12-24(13-16-26)14-17-32(37)38/h5-13,15-16,20,25,30,34,36H,4,14,17-19,21-23H2,1-3H3,(H,37,38). The molecule has 0 saturated carbocycles. The Labute approximate surface area is 237 Å². The van der Waals surface area contributed by atoms with Crippen LogP contribution in [0.15, 0.2) is 77.7 Å². The van der Waals surface area contributed by atoms with E-state index in [9.17, 15) is 9.90 Å². The Bertz CT molecular complexity index is 1200. The lowest BCUT2D eigenvalue weighted by Crippen LogP contribution is -2.46. The number of carboxylic acid groups (broad SMARTS) is 1. The molecule has 39 heavy (non-hydrogen) atoms. The van der Waals surface area contributed by atoms with Crippen molar-refractivity contribution in [2.45, 2.75) is 69.4 Å². The van der Waals surface area contributed by atoms with Gasteiger partial charge in [-0.25, -0.2) is 4.31 Å². The largest absolute Gasteiger partial charge is 0.481 e. The van der Waals surface area contributed by atoms with Crippen molar-refractivity contribution >= 4 is 17.9 Å². The minimum atomic E-state index is -0.774. The molecule has 0 spiro atoms. The third kappa shape index (κ3) is 8.94. The summed E-state index contributed by atoms with van der Waals surface area (Å²) in [6.07, 6.45) is 3.62. The maximum absolute atomic E-state index is 10.9. The molecule has 0 heterocycles. The summed E-state index contributed by atoms with van der Waals surface area (Å²) < 4.78 is 2.21. The van der Waals surface area contributed by atoms with Crippen molar-refractivity contribution in [3.05, 3.63) is 89.5 Å². The first-order valence-electron chi connectivity index (χ1n) is 14.0. The molecule has 0 bridgehead atoms. The van der Waals surface area contributed by atoms with Crippen LogP contribution in [-0.2, 0) is 24.1 Å². The van der Waals surface area contributed by atoms with Gasteiger partial charge in [0.2, 0.25) is 0 Å². The first-order valence-corrected chi connectivity index (χ1v) is 14.8. The smallest absolute Gasteiger partial charge is 0.303 e. The van der Waals surface area contributed by atoms with Crippen LogP contribution in [0.4, 0.5) is 0 Å². The molecule has 1 unspecified atom stereocenters. The highest BCUT2D eigenvalue weighted by Gasteiger charge is 2.28. The Morgan fingerprint density at radius 1 is 1.03 bits per heavy atom. The molecule has 0 fully saturated rings. The number of β-amino-alcohol motifs (C(OH)–C–C–N with tert-alkyl or cyclic N) is 1. The Morgan fingerprint density at radius 3 is 2.36 bits per heavy atom. The van der Waals surface area contributed by atoms with Crippen molar-refractivity contribution in [1.29, 1.82) is 0 Å². The van der Waals surface area contributed by atoms with E-state index in [0.717, 1.165) is 47.4 Å². The van der Waals surface area contributed by atoms with Crippen LogP contribution >= 0.6 is 11.9 Å². The molecule has 3 aromatic carbocycles. The molecule has 0 aromatic heterocycles. The van der Waals surface area contributed by atoms with Gasteiger partial charge in [-0.3, -0.25) is 4.79 Å². The normalized spacial score (nSPS) is 14.5. The van der Waals surface area contributed by atoms with Crippen LogP contribution in [0.3, 0.4) is 0 Å². The predicted octanol–water partition coefficient (Wildman–Crippen LogP) is 6.23. The highest BCUT2D eigenvalue weighted by atomic mass is 32.2. The molecule has 0 aliphatic heterocycles. The Kier molecular flexibility index (Phi) is 10.2. The zero-order valence-electron chi connectivity index (χ0n) is 23.4. The van der Waals surface area contributed by atoms with Crippen molar-refractivity contribution in [3.8, 4) is 11.1 Å². The second-order valence-corrected chi connectivity index (χ2v) is 12.5. The average molecular weight is 547 g/mol. The number of nitrogens with zero attached hydrogens (tertiary/aromatic N) is 1.